The van der Waals surface area contributed by atoms with Gasteiger partial charge in [-0.3, -0.25) is 0 Å². The van der Waals surface area contributed by atoms with E-state index in [1.165, 1.54) is 17.8 Å². The molecule has 4 nitrogen and oxygen atoms in total. The Hall–Kier alpha value is -1.82. The van der Waals surface area contributed by atoms with Crippen LogP contribution in [0, 0.1) is 5.82 Å². The summed E-state index contributed by atoms with van der Waals surface area (Å²) in [5.74, 6) is 0.741. The molecule has 2 rings (SSSR count). The molecule has 0 saturated carbocycles. The summed E-state index contributed by atoms with van der Waals surface area (Å²) in [5.41, 5.74) is 6.29. The third-order valence-electron chi connectivity index (χ3n) is 2.64. The third-order valence-corrected chi connectivity index (χ3v) is 3.19. The Kier molecular flexibility index (Phi) is 4.21. The van der Waals surface area contributed by atoms with E-state index in [0.717, 1.165) is 0 Å². The Morgan fingerprint density at radius 1 is 1.32 bits per heavy atom. The lowest BCUT2D eigenvalue weighted by Crippen LogP contribution is -2.10. The molecule has 1 heterocycles. The van der Waals surface area contributed by atoms with Crippen molar-refractivity contribution in [3.05, 3.63) is 41.7 Å². The molecule has 1 unspecified atom stereocenters. The van der Waals surface area contributed by atoms with E-state index in [4.69, 9.17) is 5.73 Å². The van der Waals surface area contributed by atoms with Crippen molar-refractivity contribution in [1.29, 1.82) is 0 Å². The third kappa shape index (κ3) is 3.35. The van der Waals surface area contributed by atoms with Crippen LogP contribution in [0.2, 0.25) is 0 Å². The highest BCUT2D eigenvalue weighted by Gasteiger charge is 2.11. The number of halogens is 1. The number of anilines is 2. The molecule has 100 valence electrons. The molecule has 0 bridgehead atoms. The second-order valence-corrected chi connectivity index (χ2v) is 4.83. The number of rotatable bonds is 4. The second-order valence-electron chi connectivity index (χ2n) is 4.05. The van der Waals surface area contributed by atoms with Gasteiger partial charge < -0.3 is 11.1 Å². The number of nitrogens with two attached hydrogens (primary N) is 1. The predicted octanol–water partition coefficient (Wildman–Crippen LogP) is 3.09. The fourth-order valence-electron chi connectivity index (χ4n) is 1.73. The van der Waals surface area contributed by atoms with Crippen LogP contribution in [0.25, 0.3) is 0 Å². The van der Waals surface area contributed by atoms with Crippen LogP contribution < -0.4 is 11.1 Å². The Labute approximate surface area is 115 Å². The average molecular weight is 278 g/mol. The Morgan fingerprint density at radius 2 is 2.05 bits per heavy atom. The van der Waals surface area contributed by atoms with Crippen LogP contribution in [0.5, 0.6) is 0 Å². The van der Waals surface area contributed by atoms with E-state index < -0.39 is 0 Å². The summed E-state index contributed by atoms with van der Waals surface area (Å²) in [6.07, 6.45) is 1.87. The highest BCUT2D eigenvalue weighted by molar-refractivity contribution is 7.98. The second kappa shape index (κ2) is 5.88. The minimum absolute atomic E-state index is 0.204. The van der Waals surface area contributed by atoms with E-state index in [1.807, 2.05) is 13.2 Å². The van der Waals surface area contributed by atoms with Crippen LogP contribution >= 0.6 is 11.8 Å². The molecule has 0 aliphatic rings. The van der Waals surface area contributed by atoms with Gasteiger partial charge in [-0.15, -0.1) is 0 Å². The van der Waals surface area contributed by atoms with Gasteiger partial charge in [0.25, 0.3) is 0 Å². The molecular formula is C13H15FN4S. The zero-order chi connectivity index (χ0) is 13.8. The van der Waals surface area contributed by atoms with Gasteiger partial charge in [0, 0.05) is 11.6 Å². The van der Waals surface area contributed by atoms with Crippen LogP contribution in [-0.2, 0) is 0 Å². The maximum absolute atomic E-state index is 13.7. The molecule has 2 aromatic rings. The summed E-state index contributed by atoms with van der Waals surface area (Å²) >= 11 is 1.41. The molecule has 0 radical (unpaired) electrons. The van der Waals surface area contributed by atoms with E-state index in [0.29, 0.717) is 22.4 Å². The number of nitrogens with one attached hydrogen (secondary N) is 1. The molecule has 0 fully saturated rings. The Morgan fingerprint density at radius 3 is 2.74 bits per heavy atom. The first-order valence-electron chi connectivity index (χ1n) is 5.79. The highest BCUT2D eigenvalue weighted by Crippen LogP contribution is 2.22. The quantitative estimate of drug-likeness (QED) is 0.664. The molecule has 0 saturated heterocycles. The molecule has 19 heavy (non-hydrogen) atoms. The van der Waals surface area contributed by atoms with Gasteiger partial charge in [-0.1, -0.05) is 30.0 Å². The number of thioether (sulfide) groups is 1. The maximum atomic E-state index is 13.7. The number of nitrogens with zero attached hydrogens (tertiary/aromatic N) is 2. The first-order chi connectivity index (χ1) is 9.10. The van der Waals surface area contributed by atoms with Crippen molar-refractivity contribution in [3.8, 4) is 0 Å². The Bertz CT molecular complexity index is 576. The van der Waals surface area contributed by atoms with Crippen molar-refractivity contribution >= 4 is 23.4 Å². The first kappa shape index (κ1) is 13.6. The lowest BCUT2D eigenvalue weighted by Gasteiger charge is -2.16. The van der Waals surface area contributed by atoms with Gasteiger partial charge in [-0.25, -0.2) is 14.4 Å². The van der Waals surface area contributed by atoms with Crippen molar-refractivity contribution in [1.82, 2.24) is 9.97 Å². The zero-order valence-corrected chi connectivity index (χ0v) is 11.5. The van der Waals surface area contributed by atoms with Crippen LogP contribution in [0.3, 0.4) is 0 Å². The molecule has 0 aliphatic heterocycles. The molecule has 1 atom stereocenters. The summed E-state index contributed by atoms with van der Waals surface area (Å²) < 4.78 is 13.7. The van der Waals surface area contributed by atoms with Crippen molar-refractivity contribution in [2.45, 2.75) is 18.1 Å². The normalized spacial score (nSPS) is 12.2. The van der Waals surface area contributed by atoms with Crippen LogP contribution in [-0.4, -0.2) is 16.2 Å². The summed E-state index contributed by atoms with van der Waals surface area (Å²) in [6, 6.07) is 8.09. The van der Waals surface area contributed by atoms with Gasteiger partial charge in [-0.05, 0) is 19.2 Å². The molecule has 1 aromatic heterocycles. The largest absolute Gasteiger partial charge is 0.383 e. The van der Waals surface area contributed by atoms with Gasteiger partial charge in [0.05, 0.1) is 6.04 Å². The molecule has 6 heteroatoms. The van der Waals surface area contributed by atoms with Gasteiger partial charge in [0.1, 0.15) is 17.5 Å². The van der Waals surface area contributed by atoms with Crippen molar-refractivity contribution in [2.75, 3.05) is 17.3 Å². The van der Waals surface area contributed by atoms with E-state index in [2.05, 4.69) is 15.3 Å². The van der Waals surface area contributed by atoms with E-state index in [1.54, 1.807) is 24.3 Å². The van der Waals surface area contributed by atoms with Crippen molar-refractivity contribution in [3.63, 3.8) is 0 Å². The number of nitrogen functional groups attached to an aromatic ring is 1. The van der Waals surface area contributed by atoms with Gasteiger partial charge in [-0.2, -0.15) is 0 Å². The number of aromatic nitrogens is 2. The van der Waals surface area contributed by atoms with Crippen LogP contribution in [0.4, 0.5) is 16.0 Å². The van der Waals surface area contributed by atoms with Gasteiger partial charge >= 0.3 is 0 Å². The fraction of sp³-hybridized carbons (Fsp3) is 0.231. The predicted molar refractivity (Wildman–Crippen MR) is 76.7 cm³/mol. The van der Waals surface area contributed by atoms with Gasteiger partial charge in [0.2, 0.25) is 0 Å². The average Bonchev–Trinajstić information content (AvgIpc) is 2.38. The number of hydrogen-bond acceptors (Lipinski definition) is 5. The van der Waals surface area contributed by atoms with Crippen molar-refractivity contribution in [2.24, 2.45) is 0 Å². The summed E-state index contributed by atoms with van der Waals surface area (Å²) in [6.45, 7) is 1.87. The molecule has 0 amide bonds. The Balaban J connectivity index is 2.21. The lowest BCUT2D eigenvalue weighted by molar-refractivity contribution is 0.600. The minimum Gasteiger partial charge on any atom is -0.383 e. The SMILES string of the molecule is CSc1nc(N)cc(NC(C)c2ccccc2F)n1. The zero-order valence-electron chi connectivity index (χ0n) is 10.7. The monoisotopic (exact) mass is 278 g/mol. The number of benzene rings is 1. The summed E-state index contributed by atoms with van der Waals surface area (Å²) in [4.78, 5) is 8.35. The molecule has 3 N–H and O–H groups in total. The topological polar surface area (TPSA) is 63.8 Å². The molecular weight excluding hydrogens is 263 g/mol. The summed E-state index contributed by atoms with van der Waals surface area (Å²) in [5, 5.41) is 3.72. The van der Waals surface area contributed by atoms with Crippen molar-refractivity contribution < 1.29 is 4.39 Å². The number of hydrogen-bond donors (Lipinski definition) is 2. The lowest BCUT2D eigenvalue weighted by atomic mass is 10.1. The molecule has 1 aromatic carbocycles. The maximum Gasteiger partial charge on any atom is 0.191 e. The van der Waals surface area contributed by atoms with E-state index in [9.17, 15) is 4.39 Å². The van der Waals surface area contributed by atoms with E-state index >= 15 is 0 Å². The molecule has 0 aliphatic carbocycles. The highest BCUT2D eigenvalue weighted by atomic mass is 32.2. The first-order valence-corrected chi connectivity index (χ1v) is 7.02. The van der Waals surface area contributed by atoms with E-state index in [-0.39, 0.29) is 11.9 Å². The molecule has 0 spiro atoms. The minimum atomic E-state index is -0.241. The standard InChI is InChI=1S/C13H15FN4S/c1-8(9-5-3-4-6-10(9)14)16-12-7-11(15)17-13(18-12)19-2/h3-8H,1-2H3,(H3,15,16,17,18). The van der Waals surface area contributed by atoms with Crippen LogP contribution in [0.1, 0.15) is 18.5 Å². The smallest absolute Gasteiger partial charge is 0.191 e. The van der Waals surface area contributed by atoms with Crippen LogP contribution in [0.15, 0.2) is 35.5 Å². The van der Waals surface area contributed by atoms with Gasteiger partial charge in [0.15, 0.2) is 5.16 Å². The summed E-state index contributed by atoms with van der Waals surface area (Å²) in [7, 11) is 0. The fourth-order valence-corrected chi connectivity index (χ4v) is 2.12.